The van der Waals surface area contributed by atoms with E-state index in [0.717, 1.165) is 11.6 Å². The normalized spacial score (nSPS) is 13.9. The number of nitrogens with one attached hydrogen (secondary N) is 1. The summed E-state index contributed by atoms with van der Waals surface area (Å²) in [5, 5.41) is 13.2. The molecule has 21 heavy (non-hydrogen) atoms. The van der Waals surface area contributed by atoms with Crippen LogP contribution in [0.5, 0.6) is 0 Å². The van der Waals surface area contributed by atoms with E-state index in [1.54, 1.807) is 0 Å². The molecule has 2 aromatic carbocycles. The first kappa shape index (κ1) is 15.6. The van der Waals surface area contributed by atoms with Gasteiger partial charge < -0.3 is 10.4 Å². The van der Waals surface area contributed by atoms with Gasteiger partial charge in [-0.05, 0) is 25.0 Å². The molecule has 0 heterocycles. The van der Waals surface area contributed by atoms with Crippen molar-refractivity contribution in [3.63, 3.8) is 0 Å². The molecular formula is C17H19F2NO. The van der Waals surface area contributed by atoms with Crippen molar-refractivity contribution in [1.82, 2.24) is 5.32 Å². The van der Waals surface area contributed by atoms with Gasteiger partial charge >= 0.3 is 0 Å². The fourth-order valence-corrected chi connectivity index (χ4v) is 2.10. The first-order valence-electron chi connectivity index (χ1n) is 6.95. The molecule has 2 rings (SSSR count). The number of aliphatic hydroxyl groups is 1. The Hall–Kier alpha value is -1.78. The SMILES string of the molecule is CC(NCc1ccc(F)cc1F)C(O)Cc1ccccc1. The summed E-state index contributed by atoms with van der Waals surface area (Å²) in [6.45, 7) is 2.09. The molecule has 0 amide bonds. The number of benzene rings is 2. The molecule has 0 aliphatic heterocycles. The number of hydrogen-bond acceptors (Lipinski definition) is 2. The number of aliphatic hydroxyl groups excluding tert-OH is 1. The molecule has 2 atom stereocenters. The highest BCUT2D eigenvalue weighted by Crippen LogP contribution is 2.11. The Labute approximate surface area is 123 Å². The zero-order chi connectivity index (χ0) is 15.2. The average Bonchev–Trinajstić information content (AvgIpc) is 2.47. The van der Waals surface area contributed by atoms with E-state index in [-0.39, 0.29) is 12.6 Å². The molecule has 2 N–H and O–H groups in total. The molecule has 2 nitrogen and oxygen atoms in total. The van der Waals surface area contributed by atoms with Gasteiger partial charge in [0, 0.05) is 24.2 Å². The lowest BCUT2D eigenvalue weighted by molar-refractivity contribution is 0.133. The summed E-state index contributed by atoms with van der Waals surface area (Å²) in [7, 11) is 0. The lowest BCUT2D eigenvalue weighted by Crippen LogP contribution is -2.38. The zero-order valence-corrected chi connectivity index (χ0v) is 11.9. The smallest absolute Gasteiger partial charge is 0.130 e. The van der Waals surface area contributed by atoms with Crippen molar-refractivity contribution in [3.8, 4) is 0 Å². The van der Waals surface area contributed by atoms with E-state index < -0.39 is 17.7 Å². The van der Waals surface area contributed by atoms with Crippen LogP contribution in [0.15, 0.2) is 48.5 Å². The predicted octanol–water partition coefficient (Wildman–Crippen LogP) is 3.05. The molecule has 2 aromatic rings. The Morgan fingerprint density at radius 2 is 1.81 bits per heavy atom. The molecule has 0 radical (unpaired) electrons. The van der Waals surface area contributed by atoms with Gasteiger partial charge in [-0.25, -0.2) is 8.78 Å². The predicted molar refractivity (Wildman–Crippen MR) is 78.8 cm³/mol. The summed E-state index contributed by atoms with van der Waals surface area (Å²) in [6, 6.07) is 13.0. The van der Waals surface area contributed by atoms with Crippen LogP contribution in [-0.4, -0.2) is 17.3 Å². The van der Waals surface area contributed by atoms with Crippen molar-refractivity contribution in [2.75, 3.05) is 0 Å². The third-order valence-corrected chi connectivity index (χ3v) is 3.49. The fraction of sp³-hybridized carbons (Fsp3) is 0.294. The van der Waals surface area contributed by atoms with E-state index in [1.807, 2.05) is 37.3 Å². The van der Waals surface area contributed by atoms with Crippen molar-refractivity contribution in [3.05, 3.63) is 71.3 Å². The van der Waals surface area contributed by atoms with E-state index in [0.29, 0.717) is 12.0 Å². The van der Waals surface area contributed by atoms with Gasteiger partial charge in [-0.15, -0.1) is 0 Å². The number of rotatable bonds is 6. The first-order valence-corrected chi connectivity index (χ1v) is 6.95. The maximum absolute atomic E-state index is 13.5. The van der Waals surface area contributed by atoms with Crippen LogP contribution < -0.4 is 5.32 Å². The van der Waals surface area contributed by atoms with Crippen LogP contribution in [-0.2, 0) is 13.0 Å². The van der Waals surface area contributed by atoms with Crippen LogP contribution in [0.3, 0.4) is 0 Å². The van der Waals surface area contributed by atoms with Crippen molar-refractivity contribution < 1.29 is 13.9 Å². The van der Waals surface area contributed by atoms with Crippen LogP contribution in [0.25, 0.3) is 0 Å². The Morgan fingerprint density at radius 1 is 1.10 bits per heavy atom. The molecule has 0 aromatic heterocycles. The van der Waals surface area contributed by atoms with Crippen molar-refractivity contribution >= 4 is 0 Å². The summed E-state index contributed by atoms with van der Waals surface area (Å²) >= 11 is 0. The molecule has 0 aliphatic rings. The molecule has 0 fully saturated rings. The number of hydrogen-bond donors (Lipinski definition) is 2. The van der Waals surface area contributed by atoms with Crippen molar-refractivity contribution in [2.24, 2.45) is 0 Å². The first-order chi connectivity index (χ1) is 10.1. The number of halogens is 2. The second-order valence-corrected chi connectivity index (χ2v) is 5.16. The van der Waals surface area contributed by atoms with Crippen molar-refractivity contribution in [1.29, 1.82) is 0 Å². The lowest BCUT2D eigenvalue weighted by Gasteiger charge is -2.20. The van der Waals surface area contributed by atoms with Gasteiger partial charge in [0.2, 0.25) is 0 Å². The summed E-state index contributed by atoms with van der Waals surface area (Å²) in [5.74, 6) is -1.17. The molecule has 112 valence electrons. The van der Waals surface area contributed by atoms with Gasteiger partial charge in [0.05, 0.1) is 6.10 Å². The van der Waals surface area contributed by atoms with Gasteiger partial charge in [0.1, 0.15) is 11.6 Å². The monoisotopic (exact) mass is 291 g/mol. The third-order valence-electron chi connectivity index (χ3n) is 3.49. The van der Waals surface area contributed by atoms with Crippen LogP contribution in [0.4, 0.5) is 8.78 Å². The Morgan fingerprint density at radius 3 is 2.48 bits per heavy atom. The van der Waals surface area contributed by atoms with Crippen LogP contribution in [0, 0.1) is 11.6 Å². The Bertz CT molecular complexity index is 574. The molecule has 2 unspecified atom stereocenters. The van der Waals surface area contributed by atoms with E-state index in [9.17, 15) is 13.9 Å². The summed E-state index contributed by atoms with van der Waals surface area (Å²) in [6.07, 6.45) is -0.0446. The summed E-state index contributed by atoms with van der Waals surface area (Å²) in [4.78, 5) is 0. The van der Waals surface area contributed by atoms with E-state index in [2.05, 4.69) is 5.32 Å². The Balaban J connectivity index is 1.87. The molecule has 0 saturated carbocycles. The molecule has 0 saturated heterocycles. The van der Waals surface area contributed by atoms with Gasteiger partial charge in [-0.1, -0.05) is 36.4 Å². The van der Waals surface area contributed by atoms with E-state index in [4.69, 9.17) is 0 Å². The third kappa shape index (κ3) is 4.62. The minimum atomic E-state index is -0.589. The molecule has 0 aliphatic carbocycles. The average molecular weight is 291 g/mol. The standard InChI is InChI=1S/C17H19F2NO/c1-12(17(21)9-13-5-3-2-4-6-13)20-11-14-7-8-15(18)10-16(14)19/h2-8,10,12,17,20-21H,9,11H2,1H3. The van der Waals surface area contributed by atoms with Gasteiger partial charge in [0.25, 0.3) is 0 Å². The highest BCUT2D eigenvalue weighted by molar-refractivity contribution is 5.19. The molecular weight excluding hydrogens is 272 g/mol. The molecule has 0 spiro atoms. The molecule has 0 bridgehead atoms. The Kier molecular flexibility index (Phi) is 5.42. The minimum absolute atomic E-state index is 0.199. The quantitative estimate of drug-likeness (QED) is 0.857. The van der Waals surface area contributed by atoms with Gasteiger partial charge in [0.15, 0.2) is 0 Å². The van der Waals surface area contributed by atoms with Gasteiger partial charge in [-0.2, -0.15) is 0 Å². The zero-order valence-electron chi connectivity index (χ0n) is 11.9. The van der Waals surface area contributed by atoms with Gasteiger partial charge in [-0.3, -0.25) is 0 Å². The van der Waals surface area contributed by atoms with E-state index >= 15 is 0 Å². The second-order valence-electron chi connectivity index (χ2n) is 5.16. The maximum Gasteiger partial charge on any atom is 0.130 e. The second kappa shape index (κ2) is 7.29. The van der Waals surface area contributed by atoms with Crippen LogP contribution >= 0.6 is 0 Å². The highest BCUT2D eigenvalue weighted by atomic mass is 19.1. The summed E-state index contributed by atoms with van der Waals surface area (Å²) in [5.41, 5.74) is 1.43. The summed E-state index contributed by atoms with van der Waals surface area (Å²) < 4.78 is 26.3. The van der Waals surface area contributed by atoms with Crippen LogP contribution in [0.2, 0.25) is 0 Å². The lowest BCUT2D eigenvalue weighted by atomic mass is 10.0. The van der Waals surface area contributed by atoms with Crippen LogP contribution in [0.1, 0.15) is 18.1 Å². The molecule has 4 heteroatoms. The van der Waals surface area contributed by atoms with Crippen molar-refractivity contribution in [2.45, 2.75) is 32.0 Å². The maximum atomic E-state index is 13.5. The highest BCUT2D eigenvalue weighted by Gasteiger charge is 2.15. The topological polar surface area (TPSA) is 32.3 Å². The minimum Gasteiger partial charge on any atom is -0.391 e. The fourth-order valence-electron chi connectivity index (χ4n) is 2.10. The largest absolute Gasteiger partial charge is 0.391 e. The van der Waals surface area contributed by atoms with E-state index in [1.165, 1.54) is 12.1 Å².